The van der Waals surface area contributed by atoms with Crippen LogP contribution >= 0.6 is 34.8 Å². The third-order valence-corrected chi connectivity index (χ3v) is 2.14. The molecular formula is C9H7Cl3O. The van der Waals surface area contributed by atoms with E-state index >= 15 is 0 Å². The average Bonchev–Trinajstić information content (AvgIpc) is 2.01. The third-order valence-electron chi connectivity index (χ3n) is 1.51. The van der Waals surface area contributed by atoms with Crippen molar-refractivity contribution in [3.05, 3.63) is 33.8 Å². The number of carbonyl (C=O) groups excluding carboxylic acids is 1. The summed E-state index contributed by atoms with van der Waals surface area (Å²) in [6, 6.07) is 4.67. The van der Waals surface area contributed by atoms with Crippen LogP contribution in [0.4, 0.5) is 0 Å². The lowest BCUT2D eigenvalue weighted by molar-refractivity contribution is 0.0992. The number of carbonyl (C=O) groups is 1. The quantitative estimate of drug-likeness (QED) is 0.565. The molecule has 0 aliphatic heterocycles. The van der Waals surface area contributed by atoms with Gasteiger partial charge in [-0.2, -0.15) is 0 Å². The second-order valence-electron chi connectivity index (χ2n) is 2.64. The number of benzene rings is 1. The molecule has 1 atom stereocenters. The van der Waals surface area contributed by atoms with Crippen LogP contribution in [-0.4, -0.2) is 11.2 Å². The second kappa shape index (κ2) is 4.32. The molecule has 0 N–H and O–H groups in total. The van der Waals surface area contributed by atoms with Crippen LogP contribution in [0, 0.1) is 0 Å². The van der Waals surface area contributed by atoms with Gasteiger partial charge >= 0.3 is 0 Å². The predicted molar refractivity (Wildman–Crippen MR) is 56.1 cm³/mol. The summed E-state index contributed by atoms with van der Waals surface area (Å²) in [5, 5.41) is 0.316. The smallest absolute Gasteiger partial charge is 0.180 e. The summed E-state index contributed by atoms with van der Waals surface area (Å²) in [6.45, 7) is 1.61. The zero-order valence-corrected chi connectivity index (χ0v) is 9.12. The van der Waals surface area contributed by atoms with Gasteiger partial charge in [-0.05, 0) is 25.1 Å². The van der Waals surface area contributed by atoms with Gasteiger partial charge in [-0.3, -0.25) is 4.79 Å². The lowest BCUT2D eigenvalue weighted by atomic mass is 10.1. The summed E-state index contributed by atoms with van der Waals surface area (Å²) in [5.74, 6) is -0.175. The first-order valence-electron chi connectivity index (χ1n) is 3.65. The maximum Gasteiger partial charge on any atom is 0.180 e. The number of Topliss-reactive ketones (excluding diaryl/α,β-unsaturated/α-hetero) is 1. The van der Waals surface area contributed by atoms with Crippen molar-refractivity contribution < 1.29 is 4.79 Å². The molecule has 0 amide bonds. The summed E-state index contributed by atoms with van der Waals surface area (Å²) in [6.07, 6.45) is 0. The van der Waals surface area contributed by atoms with Crippen LogP contribution in [0.1, 0.15) is 17.3 Å². The van der Waals surface area contributed by atoms with E-state index in [1.54, 1.807) is 25.1 Å². The van der Waals surface area contributed by atoms with E-state index in [0.29, 0.717) is 15.6 Å². The van der Waals surface area contributed by atoms with Crippen molar-refractivity contribution in [2.75, 3.05) is 0 Å². The van der Waals surface area contributed by atoms with E-state index in [1.165, 1.54) is 0 Å². The average molecular weight is 238 g/mol. The normalized spacial score (nSPS) is 12.6. The summed E-state index contributed by atoms with van der Waals surface area (Å²) in [4.78, 5) is 11.4. The maximum atomic E-state index is 11.4. The van der Waals surface area contributed by atoms with Gasteiger partial charge in [0.1, 0.15) is 0 Å². The van der Waals surface area contributed by atoms with E-state index in [1.807, 2.05) is 0 Å². The Labute approximate surface area is 91.6 Å². The van der Waals surface area contributed by atoms with E-state index < -0.39 is 5.38 Å². The molecule has 13 heavy (non-hydrogen) atoms. The molecule has 4 heteroatoms. The number of hydrogen-bond donors (Lipinski definition) is 0. The lowest BCUT2D eigenvalue weighted by Crippen LogP contribution is -2.10. The van der Waals surface area contributed by atoms with Gasteiger partial charge in [-0.25, -0.2) is 0 Å². The third kappa shape index (κ3) is 2.87. The molecule has 0 radical (unpaired) electrons. The molecule has 0 aliphatic rings. The van der Waals surface area contributed by atoms with Gasteiger partial charge in [0.15, 0.2) is 5.78 Å². The highest BCUT2D eigenvalue weighted by Crippen LogP contribution is 2.20. The zero-order chi connectivity index (χ0) is 10.0. The molecule has 70 valence electrons. The number of rotatable bonds is 2. The molecule has 1 aromatic rings. The number of halogens is 3. The van der Waals surface area contributed by atoms with Crippen molar-refractivity contribution in [3.63, 3.8) is 0 Å². The maximum absolute atomic E-state index is 11.4. The molecule has 0 heterocycles. The fraction of sp³-hybridized carbons (Fsp3) is 0.222. The van der Waals surface area contributed by atoms with Crippen molar-refractivity contribution in [2.24, 2.45) is 0 Å². The van der Waals surface area contributed by atoms with E-state index in [4.69, 9.17) is 34.8 Å². The molecular weight excluding hydrogens is 230 g/mol. The minimum atomic E-state index is -0.561. The van der Waals surface area contributed by atoms with Crippen molar-refractivity contribution >= 4 is 40.6 Å². The van der Waals surface area contributed by atoms with E-state index in [2.05, 4.69) is 0 Å². The molecule has 1 unspecified atom stereocenters. The van der Waals surface area contributed by atoms with Crippen molar-refractivity contribution in [1.82, 2.24) is 0 Å². The van der Waals surface area contributed by atoms with Crippen LogP contribution in [0.15, 0.2) is 18.2 Å². The molecule has 1 rings (SSSR count). The zero-order valence-electron chi connectivity index (χ0n) is 6.85. The Balaban J connectivity index is 3.08. The van der Waals surface area contributed by atoms with Crippen LogP contribution in [0.3, 0.4) is 0 Å². The monoisotopic (exact) mass is 236 g/mol. The largest absolute Gasteiger partial charge is 0.293 e. The minimum absolute atomic E-state index is 0.175. The molecule has 0 aliphatic carbocycles. The first kappa shape index (κ1) is 10.8. The molecule has 0 aromatic heterocycles. The van der Waals surface area contributed by atoms with Gasteiger partial charge in [-0.1, -0.05) is 23.2 Å². The van der Waals surface area contributed by atoms with Crippen LogP contribution < -0.4 is 0 Å². The van der Waals surface area contributed by atoms with Crippen LogP contribution in [-0.2, 0) is 0 Å². The van der Waals surface area contributed by atoms with Gasteiger partial charge in [0.25, 0.3) is 0 Å². The highest BCUT2D eigenvalue weighted by molar-refractivity contribution is 6.37. The topological polar surface area (TPSA) is 17.1 Å². The Morgan fingerprint density at radius 1 is 1.23 bits per heavy atom. The van der Waals surface area contributed by atoms with Gasteiger partial charge < -0.3 is 0 Å². The van der Waals surface area contributed by atoms with Crippen LogP contribution in [0.2, 0.25) is 10.0 Å². The van der Waals surface area contributed by atoms with Gasteiger partial charge in [0.2, 0.25) is 0 Å². The lowest BCUT2D eigenvalue weighted by Gasteiger charge is -2.03. The second-order valence-corrected chi connectivity index (χ2v) is 4.17. The van der Waals surface area contributed by atoms with E-state index in [9.17, 15) is 4.79 Å². The Morgan fingerprint density at radius 3 is 2.08 bits per heavy atom. The fourth-order valence-electron chi connectivity index (χ4n) is 0.926. The SMILES string of the molecule is CC(Cl)C(=O)c1cc(Cl)cc(Cl)c1. The predicted octanol–water partition coefficient (Wildman–Crippen LogP) is 3.80. The summed E-state index contributed by atoms with van der Waals surface area (Å²) in [7, 11) is 0. The molecule has 0 fully saturated rings. The van der Waals surface area contributed by atoms with Crippen LogP contribution in [0.25, 0.3) is 0 Å². The molecule has 0 saturated carbocycles. The molecule has 1 aromatic carbocycles. The van der Waals surface area contributed by atoms with E-state index in [-0.39, 0.29) is 5.78 Å². The summed E-state index contributed by atoms with van der Waals surface area (Å²) >= 11 is 17.1. The molecule has 0 bridgehead atoms. The van der Waals surface area contributed by atoms with Gasteiger partial charge in [-0.15, -0.1) is 11.6 Å². The van der Waals surface area contributed by atoms with E-state index in [0.717, 1.165) is 0 Å². The summed E-state index contributed by atoms with van der Waals surface area (Å²) < 4.78 is 0. The van der Waals surface area contributed by atoms with Crippen LogP contribution in [0.5, 0.6) is 0 Å². The molecule has 0 saturated heterocycles. The van der Waals surface area contributed by atoms with Crippen molar-refractivity contribution in [3.8, 4) is 0 Å². The Kier molecular flexibility index (Phi) is 3.60. The van der Waals surface area contributed by atoms with Gasteiger partial charge in [0.05, 0.1) is 5.38 Å². The van der Waals surface area contributed by atoms with Gasteiger partial charge in [0, 0.05) is 15.6 Å². The molecule has 0 spiro atoms. The number of alkyl halides is 1. The standard InChI is InChI=1S/C9H7Cl3O/c1-5(10)9(13)6-2-7(11)4-8(12)3-6/h2-5H,1H3. The Morgan fingerprint density at radius 2 is 1.69 bits per heavy atom. The fourth-order valence-corrected chi connectivity index (χ4v) is 1.58. The number of ketones is 1. The highest BCUT2D eigenvalue weighted by atomic mass is 35.5. The Bertz CT molecular complexity index is 313. The first-order valence-corrected chi connectivity index (χ1v) is 4.84. The Hall–Kier alpha value is -0.240. The number of hydrogen-bond acceptors (Lipinski definition) is 1. The van der Waals surface area contributed by atoms with Crippen molar-refractivity contribution in [2.45, 2.75) is 12.3 Å². The summed E-state index contributed by atoms with van der Waals surface area (Å²) in [5.41, 5.74) is 0.444. The van der Waals surface area contributed by atoms with Crippen molar-refractivity contribution in [1.29, 1.82) is 0 Å². The minimum Gasteiger partial charge on any atom is -0.293 e. The molecule has 1 nitrogen and oxygen atoms in total. The first-order chi connectivity index (χ1) is 6.00. The highest BCUT2D eigenvalue weighted by Gasteiger charge is 2.13.